The molecule has 11 heteroatoms. The Morgan fingerprint density at radius 1 is 1.08 bits per heavy atom. The summed E-state index contributed by atoms with van der Waals surface area (Å²) in [5.41, 5.74) is -4.47. The fourth-order valence-corrected chi connectivity index (χ4v) is 4.91. The smallest absolute Gasteiger partial charge is 0.374 e. The van der Waals surface area contributed by atoms with E-state index in [9.17, 15) is 22.4 Å². The van der Waals surface area contributed by atoms with Gasteiger partial charge in [-0.1, -0.05) is 66.5 Å². The van der Waals surface area contributed by atoms with Crippen LogP contribution < -0.4 is 0 Å². The third-order valence-corrected chi connectivity index (χ3v) is 7.32. The van der Waals surface area contributed by atoms with Crippen LogP contribution in [-0.4, -0.2) is 35.8 Å². The summed E-state index contributed by atoms with van der Waals surface area (Å²) >= 11 is 11.4. The largest absolute Gasteiger partial charge is 0.435 e. The molecule has 4 nitrogen and oxygen atoms in total. The predicted octanol–water partition coefficient (Wildman–Crippen LogP) is 7.55. The van der Waals surface area contributed by atoms with Gasteiger partial charge in [0.2, 0.25) is 5.91 Å². The van der Waals surface area contributed by atoms with Crippen molar-refractivity contribution in [1.82, 2.24) is 4.90 Å². The second kappa shape index (κ2) is 10.1. The summed E-state index contributed by atoms with van der Waals surface area (Å²) in [6.45, 7) is 3.90. The zero-order valence-electron chi connectivity index (χ0n) is 20.1. The minimum Gasteiger partial charge on any atom is -0.374 e. The van der Waals surface area contributed by atoms with Crippen molar-refractivity contribution < 1.29 is 31.6 Å². The van der Waals surface area contributed by atoms with Gasteiger partial charge >= 0.3 is 6.18 Å². The molecule has 0 radical (unpaired) electrons. The van der Waals surface area contributed by atoms with Gasteiger partial charge in [-0.05, 0) is 42.0 Å². The molecule has 3 aliphatic rings. The molecule has 2 fully saturated rings. The summed E-state index contributed by atoms with van der Waals surface area (Å²) in [4.78, 5) is 18.5. The number of halogens is 7. The minimum absolute atomic E-state index is 0.0202. The van der Waals surface area contributed by atoms with Crippen LogP contribution in [-0.2, 0) is 20.9 Å². The standard InChI is InChI=1S/C24H19Cl2F5N2O2.C2H6/c25-17-8-16(9-18(26)21(17)27)23(24(29,30)31)10-19(32-35-23)14-3-5-15(6-4-14)22(28)11-33(12-22)20(34)7-13-1-2-13;1-2/h3-6,8-9,13H,1-2,7,10-12H2;1-2H3. The fraction of sp³-hybridized carbons (Fsp3) is 0.462. The Bertz CT molecular complexity index is 1190. The van der Waals surface area contributed by atoms with Crippen LogP contribution in [0.3, 0.4) is 0 Å². The maximum absolute atomic E-state index is 15.3. The van der Waals surface area contributed by atoms with Gasteiger partial charge in [0, 0.05) is 18.4 Å². The zero-order chi connectivity index (χ0) is 27.2. The molecular weight excluding hydrogens is 538 g/mol. The number of rotatable bonds is 5. The van der Waals surface area contributed by atoms with Crippen LogP contribution in [0.2, 0.25) is 10.0 Å². The van der Waals surface area contributed by atoms with Gasteiger partial charge < -0.3 is 9.74 Å². The molecule has 0 bridgehead atoms. The van der Waals surface area contributed by atoms with E-state index < -0.39 is 45.3 Å². The Hall–Kier alpha value is -2.39. The molecular formula is C26H25Cl2F5N2O2. The van der Waals surface area contributed by atoms with E-state index in [0.29, 0.717) is 23.5 Å². The summed E-state index contributed by atoms with van der Waals surface area (Å²) in [6, 6.07) is 7.50. The van der Waals surface area contributed by atoms with Gasteiger partial charge in [-0.2, -0.15) is 13.2 Å². The quantitative estimate of drug-likeness (QED) is 0.279. The second-order valence-electron chi connectivity index (χ2n) is 9.32. The van der Waals surface area contributed by atoms with Crippen molar-refractivity contribution in [2.75, 3.05) is 13.1 Å². The first-order valence-corrected chi connectivity index (χ1v) is 12.7. The third kappa shape index (κ3) is 5.17. The highest BCUT2D eigenvalue weighted by Gasteiger charge is 2.62. The number of hydrogen-bond acceptors (Lipinski definition) is 3. The molecule has 0 aromatic heterocycles. The van der Waals surface area contributed by atoms with Crippen LogP contribution in [0, 0.1) is 11.7 Å². The summed E-state index contributed by atoms with van der Waals surface area (Å²) in [5.74, 6) is -0.677. The summed E-state index contributed by atoms with van der Waals surface area (Å²) in [6.07, 6.45) is -3.12. The van der Waals surface area contributed by atoms with E-state index in [2.05, 4.69) is 5.16 Å². The molecule has 1 aliphatic carbocycles. The topological polar surface area (TPSA) is 41.9 Å². The average Bonchev–Trinajstić information content (AvgIpc) is 3.53. The highest BCUT2D eigenvalue weighted by molar-refractivity contribution is 6.35. The van der Waals surface area contributed by atoms with Gasteiger partial charge in [0.05, 0.1) is 28.8 Å². The van der Waals surface area contributed by atoms with Crippen molar-refractivity contribution >= 4 is 34.8 Å². The lowest BCUT2D eigenvalue weighted by atomic mass is 9.84. The normalized spacial score (nSPS) is 22.4. The number of nitrogens with zero attached hydrogens (tertiary/aromatic N) is 2. The van der Waals surface area contributed by atoms with Crippen molar-refractivity contribution in [1.29, 1.82) is 0 Å². The number of benzene rings is 2. The van der Waals surface area contributed by atoms with E-state index in [0.717, 1.165) is 25.0 Å². The fourth-order valence-electron chi connectivity index (χ4n) is 4.42. The van der Waals surface area contributed by atoms with E-state index in [1.54, 1.807) is 0 Å². The van der Waals surface area contributed by atoms with E-state index in [1.807, 2.05) is 13.8 Å². The molecule has 5 rings (SSSR count). The number of likely N-dealkylation sites (tertiary alicyclic amines) is 1. The number of hydrogen-bond donors (Lipinski definition) is 0. The maximum atomic E-state index is 15.3. The third-order valence-electron chi connectivity index (χ3n) is 6.77. The lowest BCUT2D eigenvalue weighted by Gasteiger charge is -2.45. The highest BCUT2D eigenvalue weighted by Crippen LogP contribution is 2.50. The highest BCUT2D eigenvalue weighted by atomic mass is 35.5. The number of oxime groups is 1. The van der Waals surface area contributed by atoms with E-state index in [-0.39, 0.29) is 24.7 Å². The predicted molar refractivity (Wildman–Crippen MR) is 131 cm³/mol. The zero-order valence-corrected chi connectivity index (χ0v) is 21.7. The molecule has 37 heavy (non-hydrogen) atoms. The average molecular weight is 563 g/mol. The van der Waals surface area contributed by atoms with Crippen LogP contribution in [0.4, 0.5) is 22.0 Å². The molecule has 1 unspecified atom stereocenters. The second-order valence-corrected chi connectivity index (χ2v) is 10.1. The summed E-state index contributed by atoms with van der Waals surface area (Å²) in [5, 5.41) is 2.50. The molecule has 2 heterocycles. The van der Waals surface area contributed by atoms with Crippen LogP contribution in [0.15, 0.2) is 41.6 Å². The van der Waals surface area contributed by atoms with Crippen molar-refractivity contribution in [3.05, 3.63) is 69.0 Å². The van der Waals surface area contributed by atoms with Crippen molar-refractivity contribution in [3.63, 3.8) is 0 Å². The van der Waals surface area contributed by atoms with Gasteiger partial charge in [0.15, 0.2) is 11.5 Å². The Morgan fingerprint density at radius 2 is 1.65 bits per heavy atom. The first kappa shape index (κ1) is 27.6. The SMILES string of the molecule is CC.O=C(CC1CC1)N1CC(F)(c2ccc(C3=NOC(c4cc(Cl)c(F)c(Cl)c4)(C(F)(F)F)C3)cc2)C1. The van der Waals surface area contributed by atoms with Crippen LogP contribution in [0.1, 0.15) is 56.2 Å². The van der Waals surface area contributed by atoms with Gasteiger partial charge in [-0.25, -0.2) is 8.78 Å². The van der Waals surface area contributed by atoms with Crippen LogP contribution in [0.25, 0.3) is 0 Å². The molecule has 1 saturated heterocycles. The first-order chi connectivity index (χ1) is 17.4. The molecule has 1 atom stereocenters. The number of carbonyl (C=O) groups is 1. The maximum Gasteiger partial charge on any atom is 0.435 e. The Labute approximate surface area is 221 Å². The van der Waals surface area contributed by atoms with Crippen molar-refractivity contribution in [2.24, 2.45) is 11.1 Å². The Balaban J connectivity index is 0.00000156. The summed E-state index contributed by atoms with van der Waals surface area (Å²) in [7, 11) is 0. The lowest BCUT2D eigenvalue weighted by Crippen LogP contribution is -2.58. The Kier molecular flexibility index (Phi) is 7.51. The number of alkyl halides is 4. The molecule has 2 aliphatic heterocycles. The van der Waals surface area contributed by atoms with Crippen LogP contribution in [0.5, 0.6) is 0 Å². The lowest BCUT2D eigenvalue weighted by molar-refractivity contribution is -0.275. The van der Waals surface area contributed by atoms with E-state index in [1.165, 1.54) is 29.2 Å². The van der Waals surface area contributed by atoms with Gasteiger partial charge in [-0.15, -0.1) is 0 Å². The van der Waals surface area contributed by atoms with Gasteiger partial charge in [0.1, 0.15) is 0 Å². The van der Waals surface area contributed by atoms with E-state index >= 15 is 4.39 Å². The van der Waals surface area contributed by atoms with Gasteiger partial charge in [0.25, 0.3) is 5.60 Å². The molecule has 1 saturated carbocycles. The van der Waals surface area contributed by atoms with Crippen LogP contribution >= 0.6 is 23.2 Å². The molecule has 200 valence electrons. The minimum atomic E-state index is -4.92. The number of carbonyl (C=O) groups excluding carboxylic acids is 1. The number of amides is 1. The molecule has 1 amide bonds. The van der Waals surface area contributed by atoms with Crippen molar-refractivity contribution in [3.8, 4) is 0 Å². The van der Waals surface area contributed by atoms with Gasteiger partial charge in [-0.3, -0.25) is 4.79 Å². The monoisotopic (exact) mass is 562 g/mol. The first-order valence-electron chi connectivity index (χ1n) is 12.0. The molecule has 2 aromatic rings. The Morgan fingerprint density at radius 3 is 2.16 bits per heavy atom. The van der Waals surface area contributed by atoms with Crippen molar-refractivity contribution in [2.45, 2.75) is 57.0 Å². The molecule has 2 aromatic carbocycles. The summed E-state index contributed by atoms with van der Waals surface area (Å²) < 4.78 is 71.5. The molecule has 0 spiro atoms. The van der Waals surface area contributed by atoms with E-state index in [4.69, 9.17) is 28.0 Å². The molecule has 0 N–H and O–H groups in total.